The summed E-state index contributed by atoms with van der Waals surface area (Å²) in [5.74, 6) is 3.36. The first kappa shape index (κ1) is 18.4. The fourth-order valence-electron chi connectivity index (χ4n) is 2.89. The van der Waals surface area contributed by atoms with E-state index in [0.29, 0.717) is 28.6 Å². The van der Waals surface area contributed by atoms with Gasteiger partial charge in [0.1, 0.15) is 17.4 Å². The van der Waals surface area contributed by atoms with Gasteiger partial charge in [0.25, 0.3) is 5.91 Å². The minimum Gasteiger partial charge on any atom is -0.473 e. The van der Waals surface area contributed by atoms with E-state index in [4.69, 9.17) is 9.47 Å². The molecule has 4 rings (SSSR count). The number of rotatable bonds is 6. The van der Waals surface area contributed by atoms with Gasteiger partial charge in [-0.1, -0.05) is 30.3 Å². The number of anilines is 1. The Labute approximate surface area is 168 Å². The predicted molar refractivity (Wildman–Crippen MR) is 112 cm³/mol. The van der Waals surface area contributed by atoms with Gasteiger partial charge in [0, 0.05) is 11.9 Å². The Morgan fingerprint density at radius 3 is 2.68 bits per heavy atom. The lowest BCUT2D eigenvalue weighted by molar-refractivity contribution is 0.101. The Hall–Kier alpha value is -2.99. The SMILES string of the molecule is O=C(Nc1ccccc1Oc1ccccc1)c1cccnc1OC1CCSC1. The van der Waals surface area contributed by atoms with Crippen LogP contribution in [-0.4, -0.2) is 28.5 Å². The number of amides is 1. The average molecular weight is 392 g/mol. The van der Waals surface area contributed by atoms with E-state index in [0.717, 1.165) is 17.9 Å². The van der Waals surface area contributed by atoms with E-state index in [2.05, 4.69) is 10.3 Å². The summed E-state index contributed by atoms with van der Waals surface area (Å²) in [6.07, 6.45) is 2.71. The normalized spacial score (nSPS) is 15.8. The predicted octanol–water partition coefficient (Wildman–Crippen LogP) is 5.01. The van der Waals surface area contributed by atoms with Crippen molar-refractivity contribution >= 4 is 23.4 Å². The van der Waals surface area contributed by atoms with Crippen molar-refractivity contribution in [2.24, 2.45) is 0 Å². The number of nitrogens with zero attached hydrogens (tertiary/aromatic N) is 1. The molecule has 1 unspecified atom stereocenters. The van der Waals surface area contributed by atoms with Crippen LogP contribution in [0.15, 0.2) is 72.9 Å². The first-order valence-electron chi connectivity index (χ1n) is 9.12. The summed E-state index contributed by atoms with van der Waals surface area (Å²) in [6, 6.07) is 20.3. The molecule has 5 nitrogen and oxygen atoms in total. The highest BCUT2D eigenvalue weighted by atomic mass is 32.2. The van der Waals surface area contributed by atoms with E-state index in [-0.39, 0.29) is 12.0 Å². The summed E-state index contributed by atoms with van der Waals surface area (Å²) < 4.78 is 11.9. The van der Waals surface area contributed by atoms with Crippen LogP contribution >= 0.6 is 11.8 Å². The van der Waals surface area contributed by atoms with Gasteiger partial charge in [0.15, 0.2) is 5.75 Å². The highest BCUT2D eigenvalue weighted by Gasteiger charge is 2.22. The molecular formula is C22H20N2O3S. The van der Waals surface area contributed by atoms with Crippen molar-refractivity contribution in [3.8, 4) is 17.4 Å². The number of pyridine rings is 1. The van der Waals surface area contributed by atoms with Crippen molar-refractivity contribution in [2.45, 2.75) is 12.5 Å². The molecule has 2 aromatic carbocycles. The fourth-order valence-corrected chi connectivity index (χ4v) is 3.98. The second-order valence-electron chi connectivity index (χ2n) is 6.32. The van der Waals surface area contributed by atoms with E-state index >= 15 is 0 Å². The highest BCUT2D eigenvalue weighted by Crippen LogP contribution is 2.30. The van der Waals surface area contributed by atoms with Crippen LogP contribution in [0.3, 0.4) is 0 Å². The molecule has 0 aliphatic carbocycles. The van der Waals surface area contributed by atoms with Gasteiger partial charge >= 0.3 is 0 Å². The van der Waals surface area contributed by atoms with Crippen LogP contribution in [0.5, 0.6) is 17.4 Å². The van der Waals surface area contributed by atoms with Crippen molar-refractivity contribution in [2.75, 3.05) is 16.8 Å². The quantitative estimate of drug-likeness (QED) is 0.639. The summed E-state index contributed by atoms with van der Waals surface area (Å²) in [5, 5.41) is 2.92. The highest BCUT2D eigenvalue weighted by molar-refractivity contribution is 7.99. The molecule has 28 heavy (non-hydrogen) atoms. The Balaban J connectivity index is 1.53. The maximum Gasteiger partial charge on any atom is 0.261 e. The van der Waals surface area contributed by atoms with Gasteiger partial charge < -0.3 is 14.8 Å². The van der Waals surface area contributed by atoms with Crippen molar-refractivity contribution in [1.82, 2.24) is 4.98 Å². The lowest BCUT2D eigenvalue weighted by Gasteiger charge is -2.16. The van der Waals surface area contributed by atoms with Crippen LogP contribution in [0.4, 0.5) is 5.69 Å². The molecule has 142 valence electrons. The third-order valence-corrected chi connectivity index (χ3v) is 5.42. The Kier molecular flexibility index (Phi) is 5.77. The zero-order valence-corrected chi connectivity index (χ0v) is 16.0. The van der Waals surface area contributed by atoms with Gasteiger partial charge in [0.2, 0.25) is 5.88 Å². The molecule has 0 bridgehead atoms. The van der Waals surface area contributed by atoms with E-state index in [1.807, 2.05) is 60.3 Å². The molecule has 3 aromatic rings. The van der Waals surface area contributed by atoms with Gasteiger partial charge in [-0.2, -0.15) is 11.8 Å². The number of benzene rings is 2. The van der Waals surface area contributed by atoms with Gasteiger partial charge in [-0.15, -0.1) is 0 Å². The molecule has 1 aliphatic heterocycles. The average Bonchev–Trinajstić information content (AvgIpc) is 3.24. The van der Waals surface area contributed by atoms with E-state index in [9.17, 15) is 4.79 Å². The molecule has 0 radical (unpaired) electrons. The van der Waals surface area contributed by atoms with E-state index < -0.39 is 0 Å². The van der Waals surface area contributed by atoms with Crippen molar-refractivity contribution in [3.05, 3.63) is 78.5 Å². The number of ether oxygens (including phenoxy) is 2. The number of para-hydroxylation sites is 3. The molecule has 1 atom stereocenters. The molecule has 0 saturated carbocycles. The third kappa shape index (κ3) is 4.46. The largest absolute Gasteiger partial charge is 0.473 e. The molecule has 1 fully saturated rings. The van der Waals surface area contributed by atoms with Gasteiger partial charge in [-0.3, -0.25) is 4.79 Å². The van der Waals surface area contributed by atoms with Crippen LogP contribution < -0.4 is 14.8 Å². The van der Waals surface area contributed by atoms with Crippen molar-refractivity contribution < 1.29 is 14.3 Å². The number of thioether (sulfide) groups is 1. The Bertz CT molecular complexity index is 943. The molecular weight excluding hydrogens is 372 g/mol. The van der Waals surface area contributed by atoms with Crippen LogP contribution in [-0.2, 0) is 0 Å². The number of aromatic nitrogens is 1. The summed E-state index contributed by atoms with van der Waals surface area (Å²) in [6.45, 7) is 0. The molecule has 1 aromatic heterocycles. The Morgan fingerprint density at radius 2 is 1.86 bits per heavy atom. The minimum atomic E-state index is -0.280. The second kappa shape index (κ2) is 8.80. The maximum absolute atomic E-state index is 12.9. The van der Waals surface area contributed by atoms with Crippen LogP contribution in [0.1, 0.15) is 16.8 Å². The lowest BCUT2D eigenvalue weighted by atomic mass is 10.2. The molecule has 6 heteroatoms. The summed E-state index contributed by atoms with van der Waals surface area (Å²) in [7, 11) is 0. The molecule has 2 heterocycles. The minimum absolute atomic E-state index is 0.0974. The zero-order valence-electron chi connectivity index (χ0n) is 15.2. The number of carbonyl (C=O) groups excluding carboxylic acids is 1. The van der Waals surface area contributed by atoms with Crippen LogP contribution in [0.2, 0.25) is 0 Å². The molecule has 1 aliphatic rings. The maximum atomic E-state index is 12.9. The third-order valence-electron chi connectivity index (χ3n) is 4.29. The summed E-state index contributed by atoms with van der Waals surface area (Å²) in [4.78, 5) is 17.2. The number of nitrogens with one attached hydrogen (secondary N) is 1. The van der Waals surface area contributed by atoms with Crippen molar-refractivity contribution in [3.63, 3.8) is 0 Å². The fraction of sp³-hybridized carbons (Fsp3) is 0.182. The molecule has 1 N–H and O–H groups in total. The number of carbonyl (C=O) groups is 1. The number of hydrogen-bond acceptors (Lipinski definition) is 5. The molecule has 1 saturated heterocycles. The topological polar surface area (TPSA) is 60.5 Å². The monoisotopic (exact) mass is 392 g/mol. The van der Waals surface area contributed by atoms with E-state index in [1.165, 1.54) is 0 Å². The second-order valence-corrected chi connectivity index (χ2v) is 7.47. The molecule has 0 spiro atoms. The first-order chi connectivity index (χ1) is 13.8. The van der Waals surface area contributed by atoms with Gasteiger partial charge in [0.05, 0.1) is 5.69 Å². The van der Waals surface area contributed by atoms with E-state index in [1.54, 1.807) is 24.4 Å². The standard InChI is InChI=1S/C22H20N2O3S/c25-21(18-9-6-13-23-22(18)27-17-12-14-28-15-17)24-19-10-4-5-11-20(19)26-16-7-2-1-3-8-16/h1-11,13,17H,12,14-15H2,(H,24,25). The van der Waals surface area contributed by atoms with Crippen LogP contribution in [0, 0.1) is 0 Å². The van der Waals surface area contributed by atoms with Gasteiger partial charge in [-0.25, -0.2) is 4.98 Å². The smallest absolute Gasteiger partial charge is 0.261 e. The molecule has 1 amide bonds. The number of hydrogen-bond donors (Lipinski definition) is 1. The first-order valence-corrected chi connectivity index (χ1v) is 10.3. The van der Waals surface area contributed by atoms with Crippen molar-refractivity contribution in [1.29, 1.82) is 0 Å². The summed E-state index contributed by atoms with van der Waals surface area (Å²) >= 11 is 1.85. The lowest BCUT2D eigenvalue weighted by Crippen LogP contribution is -2.20. The zero-order chi connectivity index (χ0) is 19.2. The summed E-state index contributed by atoms with van der Waals surface area (Å²) in [5.41, 5.74) is 0.997. The Morgan fingerprint density at radius 1 is 1.04 bits per heavy atom. The van der Waals surface area contributed by atoms with Gasteiger partial charge in [-0.05, 0) is 48.6 Å². The van der Waals surface area contributed by atoms with Crippen LogP contribution in [0.25, 0.3) is 0 Å².